The molecule has 1 aromatic heterocycles. The van der Waals surface area contributed by atoms with Crippen LogP contribution in [0.15, 0.2) is 6.08 Å². The van der Waals surface area contributed by atoms with E-state index in [0.29, 0.717) is 29.0 Å². The van der Waals surface area contributed by atoms with E-state index < -0.39 is 11.9 Å². The van der Waals surface area contributed by atoms with Gasteiger partial charge in [0.05, 0.1) is 17.5 Å². The first kappa shape index (κ1) is 13.6. The monoisotopic (exact) mass is 277 g/mol. The van der Waals surface area contributed by atoms with Crippen LogP contribution in [0.1, 0.15) is 30.6 Å². The van der Waals surface area contributed by atoms with Gasteiger partial charge in [0.25, 0.3) is 0 Å². The Hall–Kier alpha value is -1.33. The summed E-state index contributed by atoms with van der Waals surface area (Å²) in [4.78, 5) is 8.64. The molecule has 4 nitrogen and oxygen atoms in total. The lowest BCUT2D eigenvalue weighted by molar-refractivity contribution is 0.192. The molecule has 2 aliphatic rings. The molecular weight excluding hydrogens is 257 g/mol. The number of aliphatic hydroxyl groups is 1. The van der Waals surface area contributed by atoms with Crippen LogP contribution < -0.4 is 5.32 Å². The minimum Gasteiger partial charge on any atom is -0.393 e. The van der Waals surface area contributed by atoms with E-state index >= 15 is 0 Å². The highest BCUT2D eigenvalue weighted by Crippen LogP contribution is 2.37. The van der Waals surface area contributed by atoms with Gasteiger partial charge in [-0.2, -0.15) is 0 Å². The Morgan fingerprint density at radius 1 is 1.45 bits per heavy atom. The van der Waals surface area contributed by atoms with Crippen LogP contribution in [0.25, 0.3) is 5.57 Å². The third kappa shape index (κ3) is 2.47. The van der Waals surface area contributed by atoms with Crippen molar-refractivity contribution in [2.45, 2.75) is 32.8 Å². The molecule has 0 aromatic carbocycles. The zero-order chi connectivity index (χ0) is 14.3. The number of nitrogens with one attached hydrogen (secondary N) is 1. The molecule has 3 unspecified atom stereocenters. The molecule has 1 aliphatic carbocycles. The molecule has 3 rings (SSSR count). The summed E-state index contributed by atoms with van der Waals surface area (Å²) in [5.74, 6) is 1.42. The van der Waals surface area contributed by atoms with Gasteiger partial charge in [-0.3, -0.25) is 0 Å². The molecule has 0 amide bonds. The zero-order valence-corrected chi connectivity index (χ0v) is 11.9. The Morgan fingerprint density at radius 2 is 2.25 bits per heavy atom. The van der Waals surface area contributed by atoms with Gasteiger partial charge in [-0.25, -0.2) is 14.4 Å². The quantitative estimate of drug-likeness (QED) is 0.878. The molecule has 1 fully saturated rings. The number of hydrogen-bond donors (Lipinski definition) is 2. The lowest BCUT2D eigenvalue weighted by Crippen LogP contribution is -2.13. The molecule has 108 valence electrons. The number of aromatic nitrogens is 2. The fraction of sp³-hybridized carbons (Fsp3) is 0.600. The van der Waals surface area contributed by atoms with Gasteiger partial charge in [-0.15, -0.1) is 0 Å². The topological polar surface area (TPSA) is 58.0 Å². The van der Waals surface area contributed by atoms with Gasteiger partial charge in [0.1, 0.15) is 0 Å². The molecule has 0 radical (unpaired) electrons. The molecule has 5 heteroatoms. The van der Waals surface area contributed by atoms with Gasteiger partial charge < -0.3 is 10.4 Å². The van der Waals surface area contributed by atoms with E-state index in [1.165, 1.54) is 0 Å². The number of halogens is 1. The normalized spacial score (nSPS) is 26.5. The second kappa shape index (κ2) is 5.22. The third-order valence-electron chi connectivity index (χ3n) is 4.15. The van der Waals surface area contributed by atoms with Crippen LogP contribution in [0.3, 0.4) is 0 Å². The second-order valence-electron chi connectivity index (χ2n) is 5.92. The maximum atomic E-state index is 14.0. The van der Waals surface area contributed by atoms with Crippen molar-refractivity contribution >= 4 is 5.57 Å². The van der Waals surface area contributed by atoms with Crippen LogP contribution in [0.5, 0.6) is 0 Å². The molecule has 1 saturated heterocycles. The summed E-state index contributed by atoms with van der Waals surface area (Å²) in [5, 5.41) is 12.8. The Morgan fingerprint density at radius 3 is 2.95 bits per heavy atom. The van der Waals surface area contributed by atoms with Crippen LogP contribution in [0.4, 0.5) is 4.39 Å². The first-order chi connectivity index (χ1) is 9.54. The molecule has 2 heterocycles. The average molecular weight is 277 g/mol. The smallest absolute Gasteiger partial charge is 0.166 e. The SMILES string of the molecule is Cc1nc(C2=CC3CNCC3C2)nc(CC(C)O)c1F. The summed E-state index contributed by atoms with van der Waals surface area (Å²) >= 11 is 0. The predicted octanol–water partition coefficient (Wildman–Crippen LogP) is 1.47. The highest BCUT2D eigenvalue weighted by molar-refractivity contribution is 5.63. The first-order valence-electron chi connectivity index (χ1n) is 7.17. The number of fused-ring (bicyclic) bond motifs is 1. The summed E-state index contributed by atoms with van der Waals surface area (Å²) in [6, 6.07) is 0. The van der Waals surface area contributed by atoms with E-state index in [0.717, 1.165) is 25.1 Å². The second-order valence-corrected chi connectivity index (χ2v) is 5.92. The molecule has 1 aliphatic heterocycles. The minimum atomic E-state index is -0.604. The fourth-order valence-electron chi connectivity index (χ4n) is 3.12. The van der Waals surface area contributed by atoms with E-state index in [1.807, 2.05) is 0 Å². The van der Waals surface area contributed by atoms with Crippen LogP contribution in [-0.2, 0) is 6.42 Å². The lowest BCUT2D eigenvalue weighted by atomic mass is 10.00. The Kier molecular flexibility index (Phi) is 3.56. The molecule has 0 spiro atoms. The standard InChI is InChI=1S/C15H20FN3O/c1-8(20)3-13-14(16)9(2)18-15(19-13)10-4-11-6-17-7-12(11)5-10/h4,8,11-12,17,20H,3,5-7H2,1-2H3. The van der Waals surface area contributed by atoms with E-state index in [2.05, 4.69) is 21.4 Å². The Labute approximate surface area is 118 Å². The number of allylic oxidation sites excluding steroid dienone is 1. The first-order valence-corrected chi connectivity index (χ1v) is 7.17. The van der Waals surface area contributed by atoms with Gasteiger partial charge in [0.2, 0.25) is 0 Å². The summed E-state index contributed by atoms with van der Waals surface area (Å²) < 4.78 is 14.0. The van der Waals surface area contributed by atoms with Crippen molar-refractivity contribution in [2.24, 2.45) is 11.8 Å². The zero-order valence-electron chi connectivity index (χ0n) is 11.9. The van der Waals surface area contributed by atoms with Crippen molar-refractivity contribution in [3.8, 4) is 0 Å². The molecule has 3 atom stereocenters. The van der Waals surface area contributed by atoms with Gasteiger partial charge in [0, 0.05) is 13.0 Å². The molecule has 2 N–H and O–H groups in total. The van der Waals surface area contributed by atoms with Gasteiger partial charge in [-0.05, 0) is 44.2 Å². The maximum Gasteiger partial charge on any atom is 0.166 e. The van der Waals surface area contributed by atoms with Gasteiger partial charge in [-0.1, -0.05) is 6.08 Å². The summed E-state index contributed by atoms with van der Waals surface area (Å²) in [6.07, 6.45) is 2.80. The van der Waals surface area contributed by atoms with Crippen LogP contribution in [0, 0.1) is 24.6 Å². The highest BCUT2D eigenvalue weighted by Gasteiger charge is 2.33. The molecule has 0 bridgehead atoms. The van der Waals surface area contributed by atoms with Crippen molar-refractivity contribution in [3.05, 3.63) is 29.1 Å². The Bertz CT molecular complexity index is 556. The van der Waals surface area contributed by atoms with Gasteiger partial charge in [0.15, 0.2) is 11.6 Å². The molecule has 0 saturated carbocycles. The number of aryl methyl sites for hydroxylation is 1. The van der Waals surface area contributed by atoms with Crippen molar-refractivity contribution in [1.82, 2.24) is 15.3 Å². The largest absolute Gasteiger partial charge is 0.393 e. The minimum absolute atomic E-state index is 0.226. The highest BCUT2D eigenvalue weighted by atomic mass is 19.1. The van der Waals surface area contributed by atoms with E-state index in [-0.39, 0.29) is 6.42 Å². The average Bonchev–Trinajstić information content (AvgIpc) is 2.94. The summed E-state index contributed by atoms with van der Waals surface area (Å²) in [7, 11) is 0. The third-order valence-corrected chi connectivity index (χ3v) is 4.15. The van der Waals surface area contributed by atoms with Crippen molar-refractivity contribution in [3.63, 3.8) is 0 Å². The number of aliphatic hydroxyl groups excluding tert-OH is 1. The number of hydrogen-bond acceptors (Lipinski definition) is 4. The predicted molar refractivity (Wildman–Crippen MR) is 74.6 cm³/mol. The Balaban J connectivity index is 1.92. The summed E-state index contributed by atoms with van der Waals surface area (Å²) in [5.41, 5.74) is 1.80. The molecule has 20 heavy (non-hydrogen) atoms. The molecular formula is C15H20FN3O. The van der Waals surface area contributed by atoms with Crippen molar-refractivity contribution < 1.29 is 9.50 Å². The lowest BCUT2D eigenvalue weighted by Gasteiger charge is -2.11. The summed E-state index contributed by atoms with van der Waals surface area (Å²) in [6.45, 7) is 5.34. The van der Waals surface area contributed by atoms with E-state index in [9.17, 15) is 9.50 Å². The van der Waals surface area contributed by atoms with Crippen LogP contribution >= 0.6 is 0 Å². The van der Waals surface area contributed by atoms with Crippen molar-refractivity contribution in [1.29, 1.82) is 0 Å². The van der Waals surface area contributed by atoms with Crippen LogP contribution in [0.2, 0.25) is 0 Å². The number of nitrogens with zero attached hydrogens (tertiary/aromatic N) is 2. The van der Waals surface area contributed by atoms with Crippen LogP contribution in [-0.4, -0.2) is 34.3 Å². The molecule has 1 aromatic rings. The number of rotatable bonds is 3. The van der Waals surface area contributed by atoms with E-state index in [1.54, 1.807) is 13.8 Å². The van der Waals surface area contributed by atoms with E-state index in [4.69, 9.17) is 0 Å². The van der Waals surface area contributed by atoms with Crippen molar-refractivity contribution in [2.75, 3.05) is 13.1 Å². The van der Waals surface area contributed by atoms with Gasteiger partial charge >= 0.3 is 0 Å². The maximum absolute atomic E-state index is 14.0. The fourth-order valence-corrected chi connectivity index (χ4v) is 3.12.